The van der Waals surface area contributed by atoms with Crippen molar-refractivity contribution in [1.29, 1.82) is 0 Å². The molecule has 5 rings (SSSR count). The van der Waals surface area contributed by atoms with E-state index in [0.29, 0.717) is 18.0 Å². The van der Waals surface area contributed by atoms with Gasteiger partial charge >= 0.3 is 0 Å². The van der Waals surface area contributed by atoms with Gasteiger partial charge in [-0.1, -0.05) is 29.8 Å². The van der Waals surface area contributed by atoms with E-state index in [9.17, 15) is 0 Å². The second kappa shape index (κ2) is 10.4. The summed E-state index contributed by atoms with van der Waals surface area (Å²) >= 11 is 5.94. The fraction of sp³-hybridized carbons (Fsp3) is 0.296. The van der Waals surface area contributed by atoms with Gasteiger partial charge in [0.1, 0.15) is 5.75 Å². The number of rotatable bonds is 7. The highest BCUT2D eigenvalue weighted by atomic mass is 32.1. The van der Waals surface area contributed by atoms with E-state index in [4.69, 9.17) is 22.1 Å². The molecule has 2 aromatic carbocycles. The van der Waals surface area contributed by atoms with Crippen molar-refractivity contribution in [2.75, 3.05) is 37.7 Å². The Morgan fingerprint density at radius 3 is 2.34 bits per heavy atom. The van der Waals surface area contributed by atoms with Gasteiger partial charge in [-0.05, 0) is 62.5 Å². The lowest BCUT2D eigenvalue weighted by Crippen LogP contribution is -2.47. The van der Waals surface area contributed by atoms with Gasteiger partial charge in [0, 0.05) is 49.8 Å². The lowest BCUT2D eigenvalue weighted by Gasteiger charge is -2.36. The van der Waals surface area contributed by atoms with Crippen LogP contribution in [0.3, 0.4) is 0 Å². The molecule has 35 heavy (non-hydrogen) atoms. The van der Waals surface area contributed by atoms with Crippen molar-refractivity contribution in [2.24, 2.45) is 0 Å². The van der Waals surface area contributed by atoms with Gasteiger partial charge in [-0.2, -0.15) is 0 Å². The van der Waals surface area contributed by atoms with E-state index < -0.39 is 0 Å². The molecule has 1 aliphatic heterocycles. The second-order valence-corrected chi connectivity index (χ2v) is 9.02. The smallest absolute Gasteiger partial charge is 0.204 e. The monoisotopic (exact) mass is 486 g/mol. The molecular weight excluding hydrogens is 456 g/mol. The van der Waals surface area contributed by atoms with Gasteiger partial charge in [0.15, 0.2) is 5.82 Å². The van der Waals surface area contributed by atoms with Crippen LogP contribution in [0, 0.1) is 11.7 Å². The number of anilines is 1. The van der Waals surface area contributed by atoms with Gasteiger partial charge in [0.2, 0.25) is 4.77 Å². The molecule has 3 heterocycles. The average Bonchev–Trinajstić information content (AvgIpc) is 3.22. The molecule has 1 saturated heterocycles. The summed E-state index contributed by atoms with van der Waals surface area (Å²) < 4.78 is 10.5. The number of hydrogen-bond donors (Lipinski definition) is 0. The summed E-state index contributed by atoms with van der Waals surface area (Å²) in [5.41, 5.74) is 4.37. The third-order valence-corrected chi connectivity index (χ3v) is 6.68. The molecule has 0 amide bonds. The summed E-state index contributed by atoms with van der Waals surface area (Å²) in [5, 5.41) is 4.96. The molecule has 8 heteroatoms. The Morgan fingerprint density at radius 2 is 1.63 bits per heavy atom. The summed E-state index contributed by atoms with van der Waals surface area (Å²) in [6, 6.07) is 20.6. The van der Waals surface area contributed by atoms with Crippen LogP contribution in [-0.4, -0.2) is 57.0 Å². The van der Waals surface area contributed by atoms with E-state index in [0.717, 1.165) is 54.7 Å². The molecule has 0 spiro atoms. The number of nitrogens with zero attached hydrogens (tertiary/aromatic N) is 6. The van der Waals surface area contributed by atoms with E-state index in [-0.39, 0.29) is 0 Å². The third kappa shape index (κ3) is 4.99. The third-order valence-electron chi connectivity index (χ3n) is 6.28. The molecule has 0 bridgehead atoms. The predicted molar refractivity (Wildman–Crippen MR) is 142 cm³/mol. The molecule has 1 fully saturated rings. The summed E-state index contributed by atoms with van der Waals surface area (Å²) in [7, 11) is 0. The average molecular weight is 487 g/mol. The van der Waals surface area contributed by atoms with Crippen LogP contribution in [0.5, 0.6) is 5.75 Å². The first-order chi connectivity index (χ1) is 17.1. The molecule has 0 atom stereocenters. The Labute approximate surface area is 211 Å². The number of benzene rings is 2. The van der Waals surface area contributed by atoms with Crippen molar-refractivity contribution >= 4 is 17.9 Å². The molecule has 7 nitrogen and oxygen atoms in total. The molecule has 4 aromatic rings. The minimum Gasteiger partial charge on any atom is -0.492 e. The molecule has 0 unspecified atom stereocenters. The first-order valence-electron chi connectivity index (χ1n) is 12.0. The van der Waals surface area contributed by atoms with Gasteiger partial charge in [-0.25, -0.2) is 4.68 Å². The van der Waals surface area contributed by atoms with Crippen molar-refractivity contribution in [1.82, 2.24) is 24.2 Å². The zero-order chi connectivity index (χ0) is 24.2. The van der Waals surface area contributed by atoms with Crippen LogP contribution in [0.1, 0.15) is 12.5 Å². The maximum Gasteiger partial charge on any atom is 0.204 e. The molecule has 0 saturated carbocycles. The molecule has 1 aliphatic rings. The van der Waals surface area contributed by atoms with Gasteiger partial charge in [0.25, 0.3) is 0 Å². The number of pyridine rings is 1. The molecule has 0 N–H and O–H groups in total. The molecule has 0 aliphatic carbocycles. The van der Waals surface area contributed by atoms with E-state index in [1.807, 2.05) is 35.9 Å². The zero-order valence-electron chi connectivity index (χ0n) is 20.2. The summed E-state index contributed by atoms with van der Waals surface area (Å²) in [6.07, 6.45) is 3.58. The van der Waals surface area contributed by atoms with Gasteiger partial charge in [-0.3, -0.25) is 14.5 Å². The maximum absolute atomic E-state index is 5.94. The quantitative estimate of drug-likeness (QED) is 0.345. The number of ether oxygens (including phenoxy) is 1. The fourth-order valence-electron chi connectivity index (χ4n) is 4.43. The number of hydrogen-bond acceptors (Lipinski definition) is 6. The van der Waals surface area contributed by atoms with E-state index >= 15 is 0 Å². The number of para-hydroxylation sites is 2. The highest BCUT2D eigenvalue weighted by Crippen LogP contribution is 2.29. The Hall–Kier alpha value is -3.49. The van der Waals surface area contributed by atoms with Gasteiger partial charge < -0.3 is 9.64 Å². The van der Waals surface area contributed by atoms with Crippen LogP contribution in [0.15, 0.2) is 73.1 Å². The Balaban J connectivity index is 1.38. The highest BCUT2D eigenvalue weighted by Gasteiger charge is 2.22. The Morgan fingerprint density at radius 1 is 0.914 bits per heavy atom. The SMILES string of the molecule is CCOc1ccccc1N1CCN(Cn2nc(-c3ccncc3)n(-c3ccc(C)cc3)c2=S)CC1. The molecule has 2 aromatic heterocycles. The Kier molecular flexibility index (Phi) is 6.92. The minimum atomic E-state index is 0.650. The summed E-state index contributed by atoms with van der Waals surface area (Å²) in [6.45, 7) is 9.11. The second-order valence-electron chi connectivity index (χ2n) is 8.66. The van der Waals surface area contributed by atoms with Crippen LogP contribution in [0.25, 0.3) is 17.1 Å². The summed E-state index contributed by atoms with van der Waals surface area (Å²) in [5.74, 6) is 1.77. The molecule has 180 valence electrons. The van der Waals surface area contributed by atoms with Crippen LogP contribution in [0.4, 0.5) is 5.69 Å². The lowest BCUT2D eigenvalue weighted by molar-refractivity contribution is 0.194. The predicted octanol–water partition coefficient (Wildman–Crippen LogP) is 4.95. The van der Waals surface area contributed by atoms with Gasteiger partial charge in [0.05, 0.1) is 19.0 Å². The van der Waals surface area contributed by atoms with E-state index in [1.54, 1.807) is 12.4 Å². The number of aryl methyl sites for hydroxylation is 1. The van der Waals surface area contributed by atoms with Crippen molar-refractivity contribution in [3.8, 4) is 22.8 Å². The van der Waals surface area contributed by atoms with Gasteiger partial charge in [-0.15, -0.1) is 5.10 Å². The number of aromatic nitrogens is 4. The van der Waals surface area contributed by atoms with Crippen molar-refractivity contribution in [3.63, 3.8) is 0 Å². The fourth-order valence-corrected chi connectivity index (χ4v) is 4.72. The molecule has 0 radical (unpaired) electrons. The van der Waals surface area contributed by atoms with E-state index in [2.05, 4.69) is 62.7 Å². The zero-order valence-corrected chi connectivity index (χ0v) is 21.0. The topological polar surface area (TPSA) is 51.4 Å². The Bertz CT molecular complexity index is 1320. The first-order valence-corrected chi connectivity index (χ1v) is 12.4. The molecular formula is C27H30N6OS. The van der Waals surface area contributed by atoms with Crippen molar-refractivity contribution in [3.05, 3.63) is 83.4 Å². The minimum absolute atomic E-state index is 0.650. The highest BCUT2D eigenvalue weighted by molar-refractivity contribution is 7.71. The van der Waals surface area contributed by atoms with Crippen LogP contribution < -0.4 is 9.64 Å². The van der Waals surface area contributed by atoms with E-state index in [1.165, 1.54) is 5.56 Å². The lowest BCUT2D eigenvalue weighted by atomic mass is 10.2. The number of piperazine rings is 1. The normalized spacial score (nSPS) is 14.3. The summed E-state index contributed by atoms with van der Waals surface area (Å²) in [4.78, 5) is 8.96. The van der Waals surface area contributed by atoms with Crippen molar-refractivity contribution in [2.45, 2.75) is 20.5 Å². The first kappa shape index (κ1) is 23.3. The van der Waals surface area contributed by atoms with Crippen LogP contribution in [0.2, 0.25) is 0 Å². The standard InChI is InChI=1S/C27H30N6OS/c1-3-34-25-7-5-4-6-24(25)31-18-16-30(17-19-31)20-32-27(35)33(23-10-8-21(2)9-11-23)26(29-32)22-12-14-28-15-13-22/h4-15H,3,16-20H2,1-2H3. The largest absolute Gasteiger partial charge is 0.492 e. The van der Waals surface area contributed by atoms with Crippen molar-refractivity contribution < 1.29 is 4.74 Å². The van der Waals surface area contributed by atoms with Crippen LogP contribution in [-0.2, 0) is 6.67 Å². The maximum atomic E-state index is 5.94. The van der Waals surface area contributed by atoms with Crippen LogP contribution >= 0.6 is 12.2 Å².